The fraction of sp³-hybridized carbons (Fsp3) is 1.00. The van der Waals surface area contributed by atoms with Gasteiger partial charge in [-0.05, 0) is 19.3 Å². The van der Waals surface area contributed by atoms with Gasteiger partial charge in [-0.25, -0.2) is 8.42 Å². The summed E-state index contributed by atoms with van der Waals surface area (Å²) in [6.45, 7) is 2.41. The Morgan fingerprint density at radius 2 is 2.15 bits per heavy atom. The molecule has 0 heterocycles. The first-order chi connectivity index (χ1) is 6.01. The second-order valence-corrected chi connectivity index (χ2v) is 6.28. The maximum atomic E-state index is 10.8. The van der Waals surface area contributed by atoms with Crippen molar-refractivity contribution in [3.63, 3.8) is 0 Å². The number of hydrogen-bond donors (Lipinski definition) is 0. The smallest absolute Gasteiger partial charge is 0.235 e. The van der Waals surface area contributed by atoms with E-state index in [-0.39, 0.29) is 11.9 Å². The monoisotopic (exact) mass is 226 g/mol. The number of hydrogen-bond acceptors (Lipinski definition) is 3. The molecule has 1 saturated carbocycles. The highest BCUT2D eigenvalue weighted by atomic mass is 35.7. The van der Waals surface area contributed by atoms with Crippen LogP contribution in [0.25, 0.3) is 0 Å². The second kappa shape index (κ2) is 4.62. The molecule has 5 heteroatoms. The minimum atomic E-state index is -3.42. The standard InChI is InChI=1S/C8H15ClO3S/c1-2-12-8(5-7-3-4-7)6-13(9,10)11/h7-8H,2-6H2,1H3. The van der Waals surface area contributed by atoms with Gasteiger partial charge >= 0.3 is 0 Å². The van der Waals surface area contributed by atoms with Gasteiger partial charge in [0.1, 0.15) is 0 Å². The van der Waals surface area contributed by atoms with Crippen LogP contribution in [0.4, 0.5) is 0 Å². The lowest BCUT2D eigenvalue weighted by Gasteiger charge is -2.14. The van der Waals surface area contributed by atoms with E-state index in [1.54, 1.807) is 0 Å². The third kappa shape index (κ3) is 5.49. The molecule has 13 heavy (non-hydrogen) atoms. The zero-order chi connectivity index (χ0) is 9.90. The SMILES string of the molecule is CCOC(CC1CC1)CS(=O)(=O)Cl. The van der Waals surface area contributed by atoms with Gasteiger partial charge in [-0.2, -0.15) is 0 Å². The molecule has 0 N–H and O–H groups in total. The predicted octanol–water partition coefficient (Wildman–Crippen LogP) is 1.76. The van der Waals surface area contributed by atoms with E-state index in [1.807, 2.05) is 6.92 Å². The van der Waals surface area contributed by atoms with E-state index in [2.05, 4.69) is 0 Å². The summed E-state index contributed by atoms with van der Waals surface area (Å²) in [7, 11) is 1.74. The van der Waals surface area contributed by atoms with E-state index in [0.717, 1.165) is 6.42 Å². The first-order valence-electron chi connectivity index (χ1n) is 4.55. The van der Waals surface area contributed by atoms with Crippen molar-refractivity contribution in [2.45, 2.75) is 32.3 Å². The van der Waals surface area contributed by atoms with Gasteiger partial charge in [0.15, 0.2) is 0 Å². The number of ether oxygens (including phenoxy) is 1. The highest BCUT2D eigenvalue weighted by Crippen LogP contribution is 2.34. The lowest BCUT2D eigenvalue weighted by atomic mass is 10.2. The Balaban J connectivity index is 2.36. The molecular weight excluding hydrogens is 212 g/mol. The van der Waals surface area contributed by atoms with Gasteiger partial charge < -0.3 is 4.74 Å². The molecular formula is C8H15ClO3S. The molecule has 0 radical (unpaired) electrons. The van der Waals surface area contributed by atoms with E-state index >= 15 is 0 Å². The third-order valence-electron chi connectivity index (χ3n) is 2.08. The van der Waals surface area contributed by atoms with Crippen LogP contribution in [-0.2, 0) is 13.8 Å². The molecule has 0 aliphatic heterocycles. The Morgan fingerprint density at radius 3 is 2.54 bits per heavy atom. The van der Waals surface area contributed by atoms with Crippen LogP contribution < -0.4 is 0 Å². The Morgan fingerprint density at radius 1 is 1.54 bits per heavy atom. The first kappa shape index (κ1) is 11.3. The van der Waals surface area contributed by atoms with Crippen molar-refractivity contribution >= 4 is 19.7 Å². The Hall–Kier alpha value is 0.200. The Kier molecular flexibility index (Phi) is 4.01. The Bertz CT molecular complexity index is 246. The van der Waals surface area contributed by atoms with E-state index < -0.39 is 9.05 Å². The van der Waals surface area contributed by atoms with Gasteiger partial charge in [-0.3, -0.25) is 0 Å². The van der Waals surface area contributed by atoms with E-state index in [1.165, 1.54) is 12.8 Å². The molecule has 1 atom stereocenters. The van der Waals surface area contributed by atoms with Crippen molar-refractivity contribution in [1.29, 1.82) is 0 Å². The third-order valence-corrected chi connectivity index (χ3v) is 3.23. The minimum Gasteiger partial charge on any atom is -0.377 e. The quantitative estimate of drug-likeness (QED) is 0.649. The van der Waals surface area contributed by atoms with E-state index in [4.69, 9.17) is 15.4 Å². The molecule has 1 fully saturated rings. The molecule has 0 aromatic rings. The van der Waals surface area contributed by atoms with Gasteiger partial charge in [-0.1, -0.05) is 12.8 Å². The van der Waals surface area contributed by atoms with Crippen LogP contribution in [0.1, 0.15) is 26.2 Å². The molecule has 1 aliphatic carbocycles. The van der Waals surface area contributed by atoms with Crippen molar-refractivity contribution in [3.05, 3.63) is 0 Å². The summed E-state index contributed by atoms with van der Waals surface area (Å²) in [6, 6.07) is 0. The summed E-state index contributed by atoms with van der Waals surface area (Å²) in [4.78, 5) is 0. The van der Waals surface area contributed by atoms with Gasteiger partial charge in [-0.15, -0.1) is 0 Å². The highest BCUT2D eigenvalue weighted by Gasteiger charge is 2.28. The van der Waals surface area contributed by atoms with Crippen LogP contribution in [0.5, 0.6) is 0 Å². The molecule has 0 spiro atoms. The minimum absolute atomic E-state index is 0.0567. The number of halogens is 1. The zero-order valence-corrected chi connectivity index (χ0v) is 9.27. The van der Waals surface area contributed by atoms with E-state index in [0.29, 0.717) is 12.5 Å². The largest absolute Gasteiger partial charge is 0.377 e. The topological polar surface area (TPSA) is 43.4 Å². The molecule has 3 nitrogen and oxygen atoms in total. The maximum absolute atomic E-state index is 10.8. The van der Waals surface area contributed by atoms with Gasteiger partial charge in [0.2, 0.25) is 9.05 Å². The first-order valence-corrected chi connectivity index (χ1v) is 7.03. The number of rotatable bonds is 6. The van der Waals surface area contributed by atoms with Crippen LogP contribution in [0, 0.1) is 5.92 Å². The maximum Gasteiger partial charge on any atom is 0.235 e. The van der Waals surface area contributed by atoms with Gasteiger partial charge in [0, 0.05) is 17.3 Å². The van der Waals surface area contributed by atoms with Crippen molar-refractivity contribution < 1.29 is 13.2 Å². The van der Waals surface area contributed by atoms with Crippen molar-refractivity contribution in [2.24, 2.45) is 5.92 Å². The van der Waals surface area contributed by atoms with Gasteiger partial charge in [0.05, 0.1) is 11.9 Å². The molecule has 78 valence electrons. The molecule has 0 aromatic heterocycles. The zero-order valence-electron chi connectivity index (χ0n) is 7.70. The summed E-state index contributed by atoms with van der Waals surface area (Å²) < 4.78 is 26.9. The average molecular weight is 227 g/mol. The van der Waals surface area contributed by atoms with Gasteiger partial charge in [0.25, 0.3) is 0 Å². The highest BCUT2D eigenvalue weighted by molar-refractivity contribution is 8.13. The average Bonchev–Trinajstić information content (AvgIpc) is 2.68. The van der Waals surface area contributed by atoms with Crippen LogP contribution in [0.15, 0.2) is 0 Å². The summed E-state index contributed by atoms with van der Waals surface area (Å²) >= 11 is 0. The van der Waals surface area contributed by atoms with Crippen LogP contribution >= 0.6 is 10.7 Å². The lowest BCUT2D eigenvalue weighted by molar-refractivity contribution is 0.0687. The Labute approximate surface area is 83.8 Å². The molecule has 0 saturated heterocycles. The fourth-order valence-electron chi connectivity index (χ4n) is 1.37. The summed E-state index contributed by atoms with van der Waals surface area (Å²) in [5, 5.41) is 0. The van der Waals surface area contributed by atoms with Crippen LogP contribution in [0.2, 0.25) is 0 Å². The molecule has 0 bridgehead atoms. The predicted molar refractivity (Wildman–Crippen MR) is 52.4 cm³/mol. The summed E-state index contributed by atoms with van der Waals surface area (Å²) in [5.74, 6) is 0.605. The van der Waals surface area contributed by atoms with Crippen molar-refractivity contribution in [1.82, 2.24) is 0 Å². The lowest BCUT2D eigenvalue weighted by Crippen LogP contribution is -2.22. The molecule has 1 rings (SSSR count). The van der Waals surface area contributed by atoms with Crippen LogP contribution in [0.3, 0.4) is 0 Å². The second-order valence-electron chi connectivity index (χ2n) is 3.46. The van der Waals surface area contributed by atoms with Crippen molar-refractivity contribution in [2.75, 3.05) is 12.4 Å². The van der Waals surface area contributed by atoms with Crippen molar-refractivity contribution in [3.8, 4) is 0 Å². The normalized spacial score (nSPS) is 20.2. The summed E-state index contributed by atoms with van der Waals surface area (Å²) in [5.41, 5.74) is 0. The summed E-state index contributed by atoms with van der Waals surface area (Å²) in [6.07, 6.45) is 3.03. The molecule has 0 amide bonds. The molecule has 1 unspecified atom stereocenters. The van der Waals surface area contributed by atoms with E-state index in [9.17, 15) is 8.42 Å². The molecule has 1 aliphatic rings. The fourth-order valence-corrected chi connectivity index (χ4v) is 2.47. The molecule has 0 aromatic carbocycles. The van der Waals surface area contributed by atoms with Crippen LogP contribution in [-0.4, -0.2) is 26.9 Å².